The Bertz CT molecular complexity index is 722. The van der Waals surface area contributed by atoms with E-state index in [-0.39, 0.29) is 30.1 Å². The summed E-state index contributed by atoms with van der Waals surface area (Å²) in [6.07, 6.45) is 1.82. The van der Waals surface area contributed by atoms with Crippen molar-refractivity contribution < 1.29 is 14.7 Å². The second-order valence-electron chi connectivity index (χ2n) is 5.76. The number of nitrogens with one attached hydrogen (secondary N) is 1. The SMILES string of the molecule is CC(NC(=O)Cn1nnc(C(=O)O)c1C1CC1)c1ccccc1. The first kappa shape index (κ1) is 15.2. The number of carbonyl (C=O) groups excluding carboxylic acids is 1. The first-order valence-corrected chi connectivity index (χ1v) is 7.57. The van der Waals surface area contributed by atoms with Gasteiger partial charge < -0.3 is 10.4 Å². The van der Waals surface area contributed by atoms with E-state index in [0.717, 1.165) is 18.4 Å². The van der Waals surface area contributed by atoms with Crippen molar-refractivity contribution in [3.05, 3.63) is 47.3 Å². The van der Waals surface area contributed by atoms with Gasteiger partial charge in [-0.15, -0.1) is 5.10 Å². The summed E-state index contributed by atoms with van der Waals surface area (Å²) in [6, 6.07) is 9.51. The molecule has 2 N–H and O–H groups in total. The topological polar surface area (TPSA) is 97.1 Å². The fourth-order valence-electron chi connectivity index (χ4n) is 2.60. The van der Waals surface area contributed by atoms with Gasteiger partial charge in [-0.2, -0.15) is 0 Å². The highest BCUT2D eigenvalue weighted by atomic mass is 16.4. The van der Waals surface area contributed by atoms with Gasteiger partial charge in [0.05, 0.1) is 11.7 Å². The lowest BCUT2D eigenvalue weighted by molar-refractivity contribution is -0.122. The van der Waals surface area contributed by atoms with Crippen molar-refractivity contribution in [1.29, 1.82) is 0 Å². The van der Waals surface area contributed by atoms with Crippen LogP contribution in [-0.4, -0.2) is 32.0 Å². The molecule has 0 bridgehead atoms. The Kier molecular flexibility index (Phi) is 4.10. The predicted octanol–water partition coefficient (Wildman–Crippen LogP) is 1.73. The molecule has 1 aliphatic rings. The summed E-state index contributed by atoms with van der Waals surface area (Å²) in [7, 11) is 0. The number of hydrogen-bond acceptors (Lipinski definition) is 4. The van der Waals surface area contributed by atoms with Gasteiger partial charge in [0.2, 0.25) is 5.91 Å². The van der Waals surface area contributed by atoms with Crippen LogP contribution in [0.15, 0.2) is 30.3 Å². The van der Waals surface area contributed by atoms with Gasteiger partial charge in [-0.25, -0.2) is 9.48 Å². The Hall–Kier alpha value is -2.70. The summed E-state index contributed by atoms with van der Waals surface area (Å²) in [4.78, 5) is 23.4. The highest BCUT2D eigenvalue weighted by Gasteiger charge is 2.34. The van der Waals surface area contributed by atoms with Gasteiger partial charge in [0.25, 0.3) is 0 Å². The van der Waals surface area contributed by atoms with Gasteiger partial charge in [-0.1, -0.05) is 35.5 Å². The Balaban J connectivity index is 1.70. The maximum atomic E-state index is 12.2. The number of carboxylic acids is 1. The van der Waals surface area contributed by atoms with E-state index >= 15 is 0 Å². The first-order chi connectivity index (χ1) is 11.1. The molecule has 3 rings (SSSR count). The number of nitrogens with zero attached hydrogens (tertiary/aromatic N) is 3. The molecule has 0 aliphatic heterocycles. The van der Waals surface area contributed by atoms with Crippen LogP contribution in [0.5, 0.6) is 0 Å². The Morgan fingerprint density at radius 2 is 2.04 bits per heavy atom. The molecule has 0 radical (unpaired) electrons. The van der Waals surface area contributed by atoms with Gasteiger partial charge in [0.1, 0.15) is 6.54 Å². The molecule has 7 nitrogen and oxygen atoms in total. The number of hydrogen-bond donors (Lipinski definition) is 2. The van der Waals surface area contributed by atoms with Crippen molar-refractivity contribution in [2.24, 2.45) is 0 Å². The van der Waals surface area contributed by atoms with Crippen molar-refractivity contribution in [2.75, 3.05) is 0 Å². The zero-order valence-electron chi connectivity index (χ0n) is 12.8. The minimum atomic E-state index is -1.10. The van der Waals surface area contributed by atoms with Gasteiger partial charge >= 0.3 is 5.97 Å². The van der Waals surface area contributed by atoms with E-state index in [4.69, 9.17) is 5.11 Å². The number of benzene rings is 1. The van der Waals surface area contributed by atoms with Crippen LogP contribution in [0.2, 0.25) is 0 Å². The number of carboxylic acid groups (broad SMARTS) is 1. The van der Waals surface area contributed by atoms with Crippen LogP contribution in [0.25, 0.3) is 0 Å². The first-order valence-electron chi connectivity index (χ1n) is 7.57. The van der Waals surface area contributed by atoms with Crippen LogP contribution >= 0.6 is 0 Å². The monoisotopic (exact) mass is 314 g/mol. The van der Waals surface area contributed by atoms with Crippen molar-refractivity contribution in [3.8, 4) is 0 Å². The molecule has 1 aromatic carbocycles. The molecule has 120 valence electrons. The van der Waals surface area contributed by atoms with Crippen LogP contribution in [0.3, 0.4) is 0 Å². The zero-order valence-corrected chi connectivity index (χ0v) is 12.8. The summed E-state index contributed by atoms with van der Waals surface area (Å²) in [5.41, 5.74) is 1.52. The lowest BCUT2D eigenvalue weighted by Gasteiger charge is -2.14. The highest BCUT2D eigenvalue weighted by molar-refractivity contribution is 5.87. The Morgan fingerprint density at radius 1 is 1.35 bits per heavy atom. The van der Waals surface area contributed by atoms with Gasteiger partial charge in [0.15, 0.2) is 5.69 Å². The second-order valence-corrected chi connectivity index (χ2v) is 5.76. The molecule has 1 aromatic heterocycles. The number of aromatic carboxylic acids is 1. The van der Waals surface area contributed by atoms with Gasteiger partial charge in [-0.3, -0.25) is 4.79 Å². The third kappa shape index (κ3) is 3.39. The van der Waals surface area contributed by atoms with Crippen LogP contribution in [-0.2, 0) is 11.3 Å². The molecule has 23 heavy (non-hydrogen) atoms. The fraction of sp³-hybridized carbons (Fsp3) is 0.375. The smallest absolute Gasteiger partial charge is 0.358 e. The van der Waals surface area contributed by atoms with E-state index in [1.165, 1.54) is 4.68 Å². The van der Waals surface area contributed by atoms with Gasteiger partial charge in [-0.05, 0) is 25.3 Å². The van der Waals surface area contributed by atoms with Crippen LogP contribution in [0, 0.1) is 0 Å². The number of carbonyl (C=O) groups is 2. The lowest BCUT2D eigenvalue weighted by atomic mass is 10.1. The normalized spacial score (nSPS) is 15.2. The number of amides is 1. The van der Waals surface area contributed by atoms with Crippen molar-refractivity contribution in [2.45, 2.75) is 38.3 Å². The Labute approximate surface area is 133 Å². The van der Waals surface area contributed by atoms with E-state index in [2.05, 4.69) is 15.6 Å². The molecule has 1 saturated carbocycles. The predicted molar refractivity (Wildman–Crippen MR) is 82.0 cm³/mol. The second kappa shape index (κ2) is 6.20. The van der Waals surface area contributed by atoms with Gasteiger partial charge in [0, 0.05) is 5.92 Å². The fourth-order valence-corrected chi connectivity index (χ4v) is 2.60. The third-order valence-corrected chi connectivity index (χ3v) is 3.91. The minimum absolute atomic E-state index is 0.0245. The van der Waals surface area contributed by atoms with E-state index in [1.807, 2.05) is 37.3 Å². The summed E-state index contributed by atoms with van der Waals surface area (Å²) in [5, 5.41) is 19.6. The molecular formula is C16H18N4O3. The molecule has 1 heterocycles. The molecule has 2 aromatic rings. The Morgan fingerprint density at radius 3 is 2.65 bits per heavy atom. The zero-order chi connectivity index (χ0) is 16.4. The molecular weight excluding hydrogens is 296 g/mol. The number of aromatic nitrogens is 3. The number of rotatable bonds is 6. The van der Waals surface area contributed by atoms with Crippen LogP contribution in [0.4, 0.5) is 0 Å². The minimum Gasteiger partial charge on any atom is -0.476 e. The van der Waals surface area contributed by atoms with E-state index < -0.39 is 5.97 Å². The van der Waals surface area contributed by atoms with Crippen molar-refractivity contribution in [1.82, 2.24) is 20.3 Å². The molecule has 1 aliphatic carbocycles. The van der Waals surface area contributed by atoms with Crippen LogP contribution < -0.4 is 5.32 Å². The molecule has 0 saturated heterocycles. The summed E-state index contributed by atoms with van der Waals surface area (Å²) >= 11 is 0. The quantitative estimate of drug-likeness (QED) is 0.846. The van der Waals surface area contributed by atoms with E-state index in [0.29, 0.717) is 5.69 Å². The van der Waals surface area contributed by atoms with Crippen LogP contribution in [0.1, 0.15) is 53.5 Å². The molecule has 1 atom stereocenters. The maximum Gasteiger partial charge on any atom is 0.358 e. The summed E-state index contributed by atoms with van der Waals surface area (Å²) < 4.78 is 1.41. The average Bonchev–Trinajstić information content (AvgIpc) is 3.28. The highest BCUT2D eigenvalue weighted by Crippen LogP contribution is 2.41. The standard InChI is InChI=1S/C16H18N4O3/c1-10(11-5-3-2-4-6-11)17-13(21)9-20-15(12-7-8-12)14(16(22)23)18-19-20/h2-6,10,12H,7-9H2,1H3,(H,17,21)(H,22,23). The largest absolute Gasteiger partial charge is 0.476 e. The lowest BCUT2D eigenvalue weighted by Crippen LogP contribution is -2.31. The maximum absolute atomic E-state index is 12.2. The third-order valence-electron chi connectivity index (χ3n) is 3.91. The van der Waals surface area contributed by atoms with Crippen molar-refractivity contribution >= 4 is 11.9 Å². The average molecular weight is 314 g/mol. The molecule has 1 amide bonds. The molecule has 1 fully saturated rings. The molecule has 7 heteroatoms. The van der Waals surface area contributed by atoms with E-state index in [9.17, 15) is 9.59 Å². The molecule has 1 unspecified atom stereocenters. The molecule has 0 spiro atoms. The summed E-state index contributed by atoms with van der Waals surface area (Å²) in [5.74, 6) is -1.17. The van der Waals surface area contributed by atoms with Crippen molar-refractivity contribution in [3.63, 3.8) is 0 Å². The van der Waals surface area contributed by atoms with E-state index in [1.54, 1.807) is 0 Å². The summed E-state index contributed by atoms with van der Waals surface area (Å²) in [6.45, 7) is 1.88.